The van der Waals surface area contributed by atoms with E-state index in [9.17, 15) is 20.0 Å². The fourth-order valence-corrected chi connectivity index (χ4v) is 2.06. The van der Waals surface area contributed by atoms with Crippen LogP contribution in [0.15, 0.2) is 22.7 Å². The van der Waals surface area contributed by atoms with Crippen LogP contribution in [0.3, 0.4) is 0 Å². The molecule has 0 fully saturated rings. The molecule has 0 bridgehead atoms. The molecule has 0 aliphatic rings. The third kappa shape index (κ3) is 2.90. The number of carbonyl (C=O) groups is 1. The molecule has 1 aromatic carbocycles. The molecule has 0 saturated carbocycles. The summed E-state index contributed by atoms with van der Waals surface area (Å²) in [7, 11) is 1.58. The van der Waals surface area contributed by atoms with Crippen molar-refractivity contribution in [3.63, 3.8) is 0 Å². The van der Waals surface area contributed by atoms with E-state index in [0.717, 1.165) is 17.7 Å². The maximum Gasteiger partial charge on any atom is 0.311 e. The van der Waals surface area contributed by atoms with E-state index in [0.29, 0.717) is 11.5 Å². The number of nitrogens with zero attached hydrogens (tertiary/aromatic N) is 3. The Hall–Kier alpha value is -2.90. The Morgan fingerprint density at radius 2 is 2.14 bits per heavy atom. The number of rotatable bonds is 4. The van der Waals surface area contributed by atoms with Gasteiger partial charge in [0.25, 0.3) is 5.91 Å². The number of nitro groups is 1. The molecule has 116 valence electrons. The Morgan fingerprint density at radius 1 is 1.45 bits per heavy atom. The average molecular weight is 305 g/mol. The van der Waals surface area contributed by atoms with E-state index in [1.54, 1.807) is 20.9 Å². The summed E-state index contributed by atoms with van der Waals surface area (Å²) in [6, 6.07) is 3.53. The van der Waals surface area contributed by atoms with E-state index in [4.69, 9.17) is 4.52 Å². The molecule has 0 radical (unpaired) electrons. The number of phenols is 1. The van der Waals surface area contributed by atoms with Gasteiger partial charge in [-0.25, -0.2) is 0 Å². The van der Waals surface area contributed by atoms with Gasteiger partial charge in [-0.3, -0.25) is 14.9 Å². The minimum Gasteiger partial charge on any atom is -0.502 e. The van der Waals surface area contributed by atoms with Gasteiger partial charge >= 0.3 is 5.69 Å². The third-order valence-electron chi connectivity index (χ3n) is 3.34. The zero-order valence-corrected chi connectivity index (χ0v) is 12.4. The molecule has 0 aliphatic heterocycles. The van der Waals surface area contributed by atoms with E-state index >= 15 is 0 Å². The van der Waals surface area contributed by atoms with Crippen molar-refractivity contribution in [2.75, 3.05) is 7.05 Å². The second-order valence-corrected chi connectivity index (χ2v) is 4.92. The Morgan fingerprint density at radius 3 is 2.68 bits per heavy atom. The first-order valence-electron chi connectivity index (χ1n) is 6.46. The number of benzene rings is 1. The molecule has 22 heavy (non-hydrogen) atoms. The number of aryl methyl sites for hydroxylation is 2. The van der Waals surface area contributed by atoms with Gasteiger partial charge in [0.1, 0.15) is 5.76 Å². The minimum atomic E-state index is -0.736. The Kier molecular flexibility index (Phi) is 4.11. The van der Waals surface area contributed by atoms with Crippen molar-refractivity contribution in [1.82, 2.24) is 10.1 Å². The average Bonchev–Trinajstić information content (AvgIpc) is 2.78. The van der Waals surface area contributed by atoms with Crippen molar-refractivity contribution in [2.24, 2.45) is 0 Å². The second-order valence-electron chi connectivity index (χ2n) is 4.92. The van der Waals surface area contributed by atoms with E-state index in [-0.39, 0.29) is 12.1 Å². The van der Waals surface area contributed by atoms with Gasteiger partial charge in [0.05, 0.1) is 17.2 Å². The molecule has 0 atom stereocenters. The SMILES string of the molecule is Cc1noc(C)c1CN(C)C(=O)c1ccc(O)c([N+](=O)[O-])c1. The molecular formula is C14H15N3O5. The van der Waals surface area contributed by atoms with E-state index < -0.39 is 22.3 Å². The lowest BCUT2D eigenvalue weighted by molar-refractivity contribution is -0.385. The number of hydrogen-bond donors (Lipinski definition) is 1. The first-order valence-corrected chi connectivity index (χ1v) is 6.46. The summed E-state index contributed by atoms with van der Waals surface area (Å²) in [5.41, 5.74) is 1.10. The van der Waals surface area contributed by atoms with Gasteiger partial charge in [-0.05, 0) is 26.0 Å². The van der Waals surface area contributed by atoms with Crippen LogP contribution in [0.5, 0.6) is 5.75 Å². The predicted molar refractivity (Wildman–Crippen MR) is 76.5 cm³/mol. The maximum absolute atomic E-state index is 12.4. The van der Waals surface area contributed by atoms with Crippen LogP contribution in [0.25, 0.3) is 0 Å². The van der Waals surface area contributed by atoms with Crippen LogP contribution in [0.4, 0.5) is 5.69 Å². The molecule has 1 heterocycles. The number of carbonyl (C=O) groups excluding carboxylic acids is 1. The number of nitro benzene ring substituents is 1. The molecule has 0 spiro atoms. The lowest BCUT2D eigenvalue weighted by Gasteiger charge is -2.17. The van der Waals surface area contributed by atoms with Gasteiger partial charge in [0.2, 0.25) is 0 Å². The van der Waals surface area contributed by atoms with Gasteiger partial charge in [-0.2, -0.15) is 0 Å². The van der Waals surface area contributed by atoms with Gasteiger partial charge in [0, 0.05) is 24.2 Å². The van der Waals surface area contributed by atoms with E-state index in [1.807, 2.05) is 0 Å². The topological polar surface area (TPSA) is 110 Å². The van der Waals surface area contributed by atoms with Crippen LogP contribution < -0.4 is 0 Å². The molecule has 1 aromatic heterocycles. The number of aromatic hydroxyl groups is 1. The highest BCUT2D eigenvalue weighted by Crippen LogP contribution is 2.27. The summed E-state index contributed by atoms with van der Waals surface area (Å²) in [4.78, 5) is 23.8. The number of aromatic nitrogens is 1. The van der Waals surface area contributed by atoms with Gasteiger partial charge < -0.3 is 14.5 Å². The van der Waals surface area contributed by atoms with Crippen LogP contribution in [0, 0.1) is 24.0 Å². The Balaban J connectivity index is 2.24. The highest BCUT2D eigenvalue weighted by atomic mass is 16.6. The Bertz CT molecular complexity index is 719. The second kappa shape index (κ2) is 5.84. The molecule has 8 nitrogen and oxygen atoms in total. The molecule has 0 unspecified atom stereocenters. The third-order valence-corrected chi connectivity index (χ3v) is 3.34. The summed E-state index contributed by atoms with van der Waals surface area (Å²) in [5.74, 6) is -0.258. The molecule has 0 saturated heterocycles. The van der Waals surface area contributed by atoms with Crippen LogP contribution in [0.2, 0.25) is 0 Å². The van der Waals surface area contributed by atoms with Crippen molar-refractivity contribution in [1.29, 1.82) is 0 Å². The number of hydrogen-bond acceptors (Lipinski definition) is 6. The smallest absolute Gasteiger partial charge is 0.311 e. The molecule has 2 rings (SSSR count). The molecule has 8 heteroatoms. The van der Waals surface area contributed by atoms with Gasteiger partial charge in [-0.15, -0.1) is 0 Å². The van der Waals surface area contributed by atoms with Crippen LogP contribution in [-0.4, -0.2) is 33.0 Å². The van der Waals surface area contributed by atoms with E-state index in [1.165, 1.54) is 11.0 Å². The fourth-order valence-electron chi connectivity index (χ4n) is 2.06. The molecule has 2 aromatic rings. The highest BCUT2D eigenvalue weighted by molar-refractivity contribution is 5.95. The first kappa shape index (κ1) is 15.5. The molecular weight excluding hydrogens is 290 g/mol. The quantitative estimate of drug-likeness (QED) is 0.684. The maximum atomic E-state index is 12.4. The van der Waals surface area contributed by atoms with Gasteiger partial charge in [-0.1, -0.05) is 5.16 Å². The zero-order valence-electron chi connectivity index (χ0n) is 12.4. The van der Waals surface area contributed by atoms with Crippen molar-refractivity contribution >= 4 is 11.6 Å². The van der Waals surface area contributed by atoms with Crippen molar-refractivity contribution < 1.29 is 19.3 Å². The lowest BCUT2D eigenvalue weighted by Crippen LogP contribution is -2.26. The predicted octanol–water partition coefficient (Wildman–Crippen LogP) is 2.18. The largest absolute Gasteiger partial charge is 0.502 e. The van der Waals surface area contributed by atoms with Crippen molar-refractivity contribution in [2.45, 2.75) is 20.4 Å². The summed E-state index contributed by atoms with van der Waals surface area (Å²) in [6.45, 7) is 3.79. The lowest BCUT2D eigenvalue weighted by atomic mass is 10.1. The molecule has 1 amide bonds. The van der Waals surface area contributed by atoms with Crippen LogP contribution in [0.1, 0.15) is 27.4 Å². The number of phenolic OH excluding ortho intramolecular Hbond substituents is 1. The monoisotopic (exact) mass is 305 g/mol. The summed E-state index contributed by atoms with van der Waals surface area (Å²) < 4.78 is 5.04. The van der Waals surface area contributed by atoms with Crippen LogP contribution >= 0.6 is 0 Å². The van der Waals surface area contributed by atoms with Gasteiger partial charge in [0.15, 0.2) is 5.75 Å². The first-order chi connectivity index (χ1) is 10.3. The fraction of sp³-hybridized carbons (Fsp3) is 0.286. The Labute approximate surface area is 126 Å². The molecule has 0 aliphatic carbocycles. The normalized spacial score (nSPS) is 10.5. The standard InChI is InChI=1S/C14H15N3O5/c1-8-11(9(2)22-15-8)7-16(3)14(19)10-4-5-13(18)12(6-10)17(20)21/h4-6,18H,7H2,1-3H3. The van der Waals surface area contributed by atoms with Crippen LogP contribution in [-0.2, 0) is 6.54 Å². The van der Waals surface area contributed by atoms with Crippen molar-refractivity contribution in [3.8, 4) is 5.75 Å². The zero-order chi connectivity index (χ0) is 16.4. The molecule has 1 N–H and O–H groups in total. The minimum absolute atomic E-state index is 0.124. The summed E-state index contributed by atoms with van der Waals surface area (Å²) in [6.07, 6.45) is 0. The number of amides is 1. The highest BCUT2D eigenvalue weighted by Gasteiger charge is 2.21. The summed E-state index contributed by atoms with van der Waals surface area (Å²) in [5, 5.41) is 24.0. The van der Waals surface area contributed by atoms with E-state index in [2.05, 4.69) is 5.16 Å². The van der Waals surface area contributed by atoms with Crippen molar-refractivity contribution in [3.05, 3.63) is 50.9 Å². The summed E-state index contributed by atoms with van der Waals surface area (Å²) >= 11 is 0.